The zero-order chi connectivity index (χ0) is 16.1. The maximum Gasteiger partial charge on any atom is 0.223 e. The smallest absolute Gasteiger partial charge is 0.223 e. The molecule has 23 heavy (non-hydrogen) atoms. The highest BCUT2D eigenvalue weighted by Gasteiger charge is 2.30. The van der Waals surface area contributed by atoms with Crippen molar-refractivity contribution in [2.45, 2.75) is 51.0 Å². The summed E-state index contributed by atoms with van der Waals surface area (Å²) in [5.41, 5.74) is 1.20. The van der Waals surface area contributed by atoms with E-state index in [0.717, 1.165) is 12.8 Å². The molecule has 0 unspecified atom stereocenters. The zero-order valence-corrected chi connectivity index (χ0v) is 13.6. The molecule has 0 aromatic heterocycles. The zero-order valence-electron chi connectivity index (χ0n) is 13.6. The Morgan fingerprint density at radius 2 is 1.83 bits per heavy atom. The molecule has 0 spiro atoms. The molecule has 0 saturated heterocycles. The summed E-state index contributed by atoms with van der Waals surface area (Å²) in [7, 11) is 0. The summed E-state index contributed by atoms with van der Waals surface area (Å²) in [6, 6.07) is 10.4. The lowest BCUT2D eigenvalue weighted by Crippen LogP contribution is -2.36. The predicted molar refractivity (Wildman–Crippen MR) is 89.6 cm³/mol. The van der Waals surface area contributed by atoms with E-state index in [2.05, 4.69) is 22.8 Å². The van der Waals surface area contributed by atoms with Gasteiger partial charge in [0.25, 0.3) is 0 Å². The number of amides is 2. The molecule has 2 fully saturated rings. The molecule has 2 saturated carbocycles. The average molecular weight is 314 g/mol. The fourth-order valence-corrected chi connectivity index (χ4v) is 3.10. The molecule has 2 aliphatic rings. The number of benzene rings is 1. The van der Waals surface area contributed by atoms with E-state index >= 15 is 0 Å². The molecule has 2 N–H and O–H groups in total. The summed E-state index contributed by atoms with van der Waals surface area (Å²) in [5, 5.41) is 6.12. The van der Waals surface area contributed by atoms with Crippen molar-refractivity contribution in [1.29, 1.82) is 0 Å². The summed E-state index contributed by atoms with van der Waals surface area (Å²) >= 11 is 0. The monoisotopic (exact) mass is 314 g/mol. The van der Waals surface area contributed by atoms with E-state index in [4.69, 9.17) is 0 Å². The summed E-state index contributed by atoms with van der Waals surface area (Å²) in [6.45, 7) is 0.599. The number of rotatable bonds is 8. The van der Waals surface area contributed by atoms with Gasteiger partial charge in [0, 0.05) is 18.9 Å². The lowest BCUT2D eigenvalue weighted by molar-refractivity contribution is -0.124. The number of hydrogen-bond donors (Lipinski definition) is 2. The lowest BCUT2D eigenvalue weighted by Gasteiger charge is -2.34. The minimum absolute atomic E-state index is 0.0893. The quantitative estimate of drug-likeness (QED) is 0.725. The normalized spacial score (nSPS) is 18.8. The summed E-state index contributed by atoms with van der Waals surface area (Å²) in [4.78, 5) is 23.8. The van der Waals surface area contributed by atoms with Crippen LogP contribution in [0.5, 0.6) is 0 Å². The van der Waals surface area contributed by atoms with E-state index in [1.165, 1.54) is 24.8 Å². The Kier molecular flexibility index (Phi) is 5.31. The first kappa shape index (κ1) is 16.0. The Balaban J connectivity index is 1.43. The van der Waals surface area contributed by atoms with Crippen molar-refractivity contribution in [3.63, 3.8) is 0 Å². The minimum atomic E-state index is 0.0893. The Bertz CT molecular complexity index is 536. The molecule has 0 aliphatic heterocycles. The third-order valence-electron chi connectivity index (χ3n) is 4.92. The highest BCUT2D eigenvalue weighted by Crippen LogP contribution is 2.37. The van der Waals surface area contributed by atoms with Gasteiger partial charge in [-0.2, -0.15) is 0 Å². The third kappa shape index (κ3) is 4.57. The molecule has 4 heteroatoms. The van der Waals surface area contributed by atoms with Crippen LogP contribution in [-0.2, 0) is 9.59 Å². The van der Waals surface area contributed by atoms with Gasteiger partial charge in [0.2, 0.25) is 11.8 Å². The van der Waals surface area contributed by atoms with Crippen molar-refractivity contribution in [1.82, 2.24) is 10.6 Å². The summed E-state index contributed by atoms with van der Waals surface area (Å²) in [5.74, 6) is 1.05. The molecule has 1 atom stereocenters. The van der Waals surface area contributed by atoms with Gasteiger partial charge in [-0.1, -0.05) is 36.8 Å². The van der Waals surface area contributed by atoms with Crippen molar-refractivity contribution < 1.29 is 9.59 Å². The van der Waals surface area contributed by atoms with Crippen LogP contribution in [0.3, 0.4) is 0 Å². The molecule has 3 rings (SSSR count). The maximum absolute atomic E-state index is 12.2. The molecule has 2 amide bonds. The average Bonchev–Trinajstić information content (AvgIpc) is 3.35. The van der Waals surface area contributed by atoms with Crippen LogP contribution in [0.15, 0.2) is 30.3 Å². The Morgan fingerprint density at radius 1 is 1.09 bits per heavy atom. The van der Waals surface area contributed by atoms with Gasteiger partial charge >= 0.3 is 0 Å². The Labute approximate surface area is 138 Å². The van der Waals surface area contributed by atoms with Crippen LogP contribution in [0.2, 0.25) is 0 Å². The first-order valence-electron chi connectivity index (χ1n) is 8.86. The van der Waals surface area contributed by atoms with Crippen LogP contribution in [0, 0.1) is 11.8 Å². The van der Waals surface area contributed by atoms with Gasteiger partial charge in [0.15, 0.2) is 0 Å². The van der Waals surface area contributed by atoms with Crippen molar-refractivity contribution in [2.24, 2.45) is 11.8 Å². The summed E-state index contributed by atoms with van der Waals surface area (Å²) < 4.78 is 0. The largest absolute Gasteiger partial charge is 0.356 e. The second-order valence-electron chi connectivity index (χ2n) is 6.82. The number of nitrogens with one attached hydrogen (secondary N) is 2. The van der Waals surface area contributed by atoms with Crippen molar-refractivity contribution >= 4 is 11.8 Å². The molecule has 4 nitrogen and oxygen atoms in total. The molecule has 2 aliphatic carbocycles. The first-order valence-corrected chi connectivity index (χ1v) is 8.86. The lowest BCUT2D eigenvalue weighted by atomic mass is 9.77. The Hall–Kier alpha value is -1.84. The van der Waals surface area contributed by atoms with Gasteiger partial charge in [-0.25, -0.2) is 0 Å². The van der Waals surface area contributed by atoms with Crippen LogP contribution >= 0.6 is 0 Å². The predicted octanol–water partition coefficient (Wildman–Crippen LogP) is 2.95. The van der Waals surface area contributed by atoms with Gasteiger partial charge in [-0.05, 0) is 43.6 Å². The van der Waals surface area contributed by atoms with E-state index < -0.39 is 0 Å². The van der Waals surface area contributed by atoms with E-state index in [-0.39, 0.29) is 23.8 Å². The van der Waals surface area contributed by atoms with Crippen molar-refractivity contribution in [2.75, 3.05) is 6.54 Å². The molecule has 0 bridgehead atoms. The standard InChI is InChI=1S/C19H26N2O2/c22-17(10-5-13-20-19(23)16-11-12-16)21-18(15-8-4-9-15)14-6-2-1-3-7-14/h1-3,6-7,15-16,18H,4-5,8-13H2,(H,20,23)(H,21,22)/t18-/m0/s1. The molecule has 1 aromatic carbocycles. The maximum atomic E-state index is 12.2. The molecule has 1 aromatic rings. The number of hydrogen-bond acceptors (Lipinski definition) is 2. The van der Waals surface area contributed by atoms with Gasteiger partial charge in [0.1, 0.15) is 0 Å². The van der Waals surface area contributed by atoms with Crippen LogP contribution in [0.1, 0.15) is 56.6 Å². The van der Waals surface area contributed by atoms with Crippen LogP contribution in [0.4, 0.5) is 0 Å². The second kappa shape index (κ2) is 7.62. The SMILES string of the molecule is O=C(CCCNC(=O)C1CC1)N[C@@H](c1ccccc1)C1CCC1. The first-order chi connectivity index (χ1) is 11.2. The molecule has 124 valence electrons. The summed E-state index contributed by atoms with van der Waals surface area (Å²) in [6.07, 6.45) is 6.86. The molecular weight excluding hydrogens is 288 g/mol. The number of carbonyl (C=O) groups excluding carboxylic acids is 2. The van der Waals surface area contributed by atoms with Gasteiger partial charge in [-0.3, -0.25) is 9.59 Å². The highest BCUT2D eigenvalue weighted by molar-refractivity contribution is 5.81. The van der Waals surface area contributed by atoms with E-state index in [1.807, 2.05) is 18.2 Å². The minimum Gasteiger partial charge on any atom is -0.356 e. The fourth-order valence-electron chi connectivity index (χ4n) is 3.10. The topological polar surface area (TPSA) is 58.2 Å². The van der Waals surface area contributed by atoms with E-state index in [9.17, 15) is 9.59 Å². The second-order valence-corrected chi connectivity index (χ2v) is 6.82. The van der Waals surface area contributed by atoms with Crippen LogP contribution in [0.25, 0.3) is 0 Å². The van der Waals surface area contributed by atoms with Crippen molar-refractivity contribution in [3.05, 3.63) is 35.9 Å². The number of carbonyl (C=O) groups is 2. The van der Waals surface area contributed by atoms with Crippen LogP contribution in [-0.4, -0.2) is 18.4 Å². The van der Waals surface area contributed by atoms with Gasteiger partial charge in [0.05, 0.1) is 6.04 Å². The van der Waals surface area contributed by atoms with Crippen molar-refractivity contribution in [3.8, 4) is 0 Å². The van der Waals surface area contributed by atoms with E-state index in [0.29, 0.717) is 25.3 Å². The van der Waals surface area contributed by atoms with Crippen LogP contribution < -0.4 is 10.6 Å². The highest BCUT2D eigenvalue weighted by atomic mass is 16.2. The Morgan fingerprint density at radius 3 is 2.43 bits per heavy atom. The van der Waals surface area contributed by atoms with Gasteiger partial charge in [-0.15, -0.1) is 0 Å². The molecule has 0 radical (unpaired) electrons. The van der Waals surface area contributed by atoms with Gasteiger partial charge < -0.3 is 10.6 Å². The fraction of sp³-hybridized carbons (Fsp3) is 0.579. The molecule has 0 heterocycles. The third-order valence-corrected chi connectivity index (χ3v) is 4.92. The van der Waals surface area contributed by atoms with E-state index in [1.54, 1.807) is 0 Å². The molecular formula is C19H26N2O2.